The molecule has 4 heteroatoms. The van der Waals surface area contributed by atoms with Crippen LogP contribution in [0.2, 0.25) is 10.0 Å². The Bertz CT molecular complexity index is 538. The first-order chi connectivity index (χ1) is 8.61. The van der Waals surface area contributed by atoms with E-state index in [9.17, 15) is 0 Å². The molecule has 1 aromatic carbocycles. The molecular formula is C14H14Cl2N2. The third-order valence-electron chi connectivity index (χ3n) is 2.88. The lowest BCUT2D eigenvalue weighted by Gasteiger charge is -2.13. The van der Waals surface area contributed by atoms with E-state index in [1.807, 2.05) is 12.1 Å². The summed E-state index contributed by atoms with van der Waals surface area (Å²) in [6.07, 6.45) is 2.57. The fourth-order valence-electron chi connectivity index (χ4n) is 1.77. The van der Waals surface area contributed by atoms with Crippen molar-refractivity contribution in [3.63, 3.8) is 0 Å². The van der Waals surface area contributed by atoms with Crippen LogP contribution in [0.5, 0.6) is 0 Å². The minimum Gasteiger partial charge on any atom is -0.319 e. The van der Waals surface area contributed by atoms with Crippen LogP contribution in [0.4, 0.5) is 0 Å². The molecule has 1 heterocycles. The summed E-state index contributed by atoms with van der Waals surface area (Å²) in [5, 5.41) is 1.01. The van der Waals surface area contributed by atoms with Crippen molar-refractivity contribution in [2.45, 2.75) is 19.4 Å². The van der Waals surface area contributed by atoms with Gasteiger partial charge in [-0.3, -0.25) is 4.98 Å². The monoisotopic (exact) mass is 280 g/mol. The van der Waals surface area contributed by atoms with Crippen LogP contribution < -0.4 is 5.73 Å². The highest BCUT2D eigenvalue weighted by atomic mass is 35.5. The molecule has 0 spiro atoms. The van der Waals surface area contributed by atoms with E-state index in [-0.39, 0.29) is 6.04 Å². The summed E-state index contributed by atoms with van der Waals surface area (Å²) in [4.78, 5) is 4.21. The van der Waals surface area contributed by atoms with Crippen LogP contribution in [-0.4, -0.2) is 4.98 Å². The number of nitrogens with two attached hydrogens (primary N) is 1. The molecule has 0 aliphatic carbocycles. The first kappa shape index (κ1) is 13.3. The van der Waals surface area contributed by atoms with E-state index >= 15 is 0 Å². The van der Waals surface area contributed by atoms with Crippen LogP contribution in [0.1, 0.15) is 29.8 Å². The summed E-state index contributed by atoms with van der Waals surface area (Å²) in [6, 6.07) is 9.48. The zero-order valence-electron chi connectivity index (χ0n) is 10.0. The predicted molar refractivity (Wildman–Crippen MR) is 76.1 cm³/mol. The number of benzene rings is 1. The van der Waals surface area contributed by atoms with Gasteiger partial charge in [0.25, 0.3) is 0 Å². The van der Waals surface area contributed by atoms with Crippen LogP contribution >= 0.6 is 23.2 Å². The van der Waals surface area contributed by atoms with Crippen molar-refractivity contribution in [2.75, 3.05) is 0 Å². The number of aromatic nitrogens is 1. The normalized spacial score (nSPS) is 12.4. The van der Waals surface area contributed by atoms with Gasteiger partial charge in [-0.15, -0.1) is 0 Å². The van der Waals surface area contributed by atoms with Gasteiger partial charge in [-0.2, -0.15) is 0 Å². The Morgan fingerprint density at radius 1 is 1.22 bits per heavy atom. The molecule has 0 bridgehead atoms. The third-order valence-corrected chi connectivity index (χ3v) is 3.39. The number of pyridine rings is 1. The molecule has 2 rings (SSSR count). The molecule has 1 atom stereocenters. The highest BCUT2D eigenvalue weighted by Crippen LogP contribution is 2.26. The Morgan fingerprint density at radius 2 is 1.89 bits per heavy atom. The highest BCUT2D eigenvalue weighted by molar-refractivity contribution is 6.34. The SMILES string of the molecule is CCc1ccc(C(N)c2ncc(Cl)cc2Cl)cc1. The maximum absolute atomic E-state index is 6.17. The molecule has 0 fully saturated rings. The molecule has 18 heavy (non-hydrogen) atoms. The van der Waals surface area contributed by atoms with Crippen LogP contribution in [0.25, 0.3) is 0 Å². The fraction of sp³-hybridized carbons (Fsp3) is 0.214. The van der Waals surface area contributed by atoms with Gasteiger partial charge in [-0.25, -0.2) is 0 Å². The van der Waals surface area contributed by atoms with E-state index in [0.717, 1.165) is 12.0 Å². The number of rotatable bonds is 3. The summed E-state index contributed by atoms with van der Waals surface area (Å²) in [5.74, 6) is 0. The Kier molecular flexibility index (Phi) is 4.23. The lowest BCUT2D eigenvalue weighted by atomic mass is 10.0. The van der Waals surface area contributed by atoms with Crippen molar-refractivity contribution in [2.24, 2.45) is 5.73 Å². The van der Waals surface area contributed by atoms with Gasteiger partial charge in [-0.05, 0) is 23.6 Å². The van der Waals surface area contributed by atoms with Gasteiger partial charge in [0.1, 0.15) is 0 Å². The van der Waals surface area contributed by atoms with Gasteiger partial charge in [-0.1, -0.05) is 54.4 Å². The minimum absolute atomic E-state index is 0.333. The topological polar surface area (TPSA) is 38.9 Å². The van der Waals surface area contributed by atoms with Gasteiger partial charge >= 0.3 is 0 Å². The Morgan fingerprint density at radius 3 is 2.44 bits per heavy atom. The van der Waals surface area contributed by atoms with Crippen LogP contribution in [0, 0.1) is 0 Å². The summed E-state index contributed by atoms with van der Waals surface area (Å²) in [6.45, 7) is 2.12. The molecule has 0 saturated heterocycles. The lowest BCUT2D eigenvalue weighted by molar-refractivity contribution is 0.828. The lowest BCUT2D eigenvalue weighted by Crippen LogP contribution is -2.14. The fourth-order valence-corrected chi connectivity index (χ4v) is 2.27. The minimum atomic E-state index is -0.333. The van der Waals surface area contributed by atoms with Gasteiger partial charge in [0.15, 0.2) is 0 Å². The molecule has 2 nitrogen and oxygen atoms in total. The second kappa shape index (κ2) is 5.70. The second-order valence-corrected chi connectivity index (χ2v) is 4.94. The van der Waals surface area contributed by atoms with Gasteiger partial charge in [0, 0.05) is 6.20 Å². The van der Waals surface area contributed by atoms with E-state index in [1.54, 1.807) is 12.3 Å². The van der Waals surface area contributed by atoms with Crippen LogP contribution in [0.15, 0.2) is 36.5 Å². The Balaban J connectivity index is 2.31. The van der Waals surface area contributed by atoms with Gasteiger partial charge in [0.2, 0.25) is 0 Å². The van der Waals surface area contributed by atoms with E-state index in [1.165, 1.54) is 5.56 Å². The number of halogens is 2. The molecular weight excluding hydrogens is 267 g/mol. The zero-order chi connectivity index (χ0) is 13.1. The van der Waals surface area contributed by atoms with E-state index in [0.29, 0.717) is 15.7 Å². The van der Waals surface area contributed by atoms with E-state index in [2.05, 4.69) is 24.0 Å². The molecule has 1 unspecified atom stereocenters. The maximum Gasteiger partial charge on any atom is 0.0803 e. The summed E-state index contributed by atoms with van der Waals surface area (Å²) < 4.78 is 0. The summed E-state index contributed by atoms with van der Waals surface area (Å²) in [7, 11) is 0. The number of hydrogen-bond donors (Lipinski definition) is 1. The van der Waals surface area contributed by atoms with Crippen LogP contribution in [0.3, 0.4) is 0 Å². The second-order valence-electron chi connectivity index (χ2n) is 4.09. The molecule has 0 aliphatic rings. The molecule has 0 aliphatic heterocycles. The number of aryl methyl sites for hydroxylation is 1. The first-order valence-corrected chi connectivity index (χ1v) is 6.52. The Hall–Kier alpha value is -1.09. The van der Waals surface area contributed by atoms with Gasteiger partial charge < -0.3 is 5.73 Å². The third kappa shape index (κ3) is 2.83. The van der Waals surface area contributed by atoms with Crippen LogP contribution in [-0.2, 0) is 6.42 Å². The van der Waals surface area contributed by atoms with Crippen molar-refractivity contribution < 1.29 is 0 Å². The quantitative estimate of drug-likeness (QED) is 0.923. The molecule has 2 aromatic rings. The molecule has 1 aromatic heterocycles. The van der Waals surface area contributed by atoms with E-state index in [4.69, 9.17) is 28.9 Å². The van der Waals surface area contributed by atoms with Crippen molar-refractivity contribution in [1.29, 1.82) is 0 Å². The smallest absolute Gasteiger partial charge is 0.0803 e. The zero-order valence-corrected chi connectivity index (χ0v) is 11.5. The average Bonchev–Trinajstić information content (AvgIpc) is 2.38. The Labute approximate surface area is 117 Å². The van der Waals surface area contributed by atoms with Crippen molar-refractivity contribution in [1.82, 2.24) is 4.98 Å². The summed E-state index contributed by atoms with van der Waals surface area (Å²) >= 11 is 11.9. The highest BCUT2D eigenvalue weighted by Gasteiger charge is 2.14. The molecule has 94 valence electrons. The van der Waals surface area contributed by atoms with Gasteiger partial charge in [0.05, 0.1) is 21.8 Å². The average molecular weight is 281 g/mol. The molecule has 0 saturated carbocycles. The van der Waals surface area contributed by atoms with E-state index < -0.39 is 0 Å². The largest absolute Gasteiger partial charge is 0.319 e. The maximum atomic E-state index is 6.17. The standard InChI is InChI=1S/C14H14Cl2N2/c1-2-9-3-5-10(6-4-9)13(17)14-12(16)7-11(15)8-18-14/h3-8,13H,2,17H2,1H3. The molecule has 0 amide bonds. The summed E-state index contributed by atoms with van der Waals surface area (Å²) in [5.41, 5.74) is 9.08. The molecule has 2 N–H and O–H groups in total. The number of nitrogens with zero attached hydrogens (tertiary/aromatic N) is 1. The number of hydrogen-bond acceptors (Lipinski definition) is 2. The van der Waals surface area contributed by atoms with Crippen molar-refractivity contribution >= 4 is 23.2 Å². The van der Waals surface area contributed by atoms with Crippen molar-refractivity contribution in [3.05, 3.63) is 63.4 Å². The predicted octanol–water partition coefficient (Wildman–Crippen LogP) is 4.00. The molecule has 0 radical (unpaired) electrons. The first-order valence-electron chi connectivity index (χ1n) is 5.77. The van der Waals surface area contributed by atoms with Crippen molar-refractivity contribution in [3.8, 4) is 0 Å².